The third kappa shape index (κ3) is 57.1. The molecular weight excluding hydrogens is 885 g/mol. The predicted octanol–water partition coefficient (Wildman–Crippen LogP) is 19.1. The summed E-state index contributed by atoms with van der Waals surface area (Å²) in [4.78, 5) is 24.5. The van der Waals surface area contributed by atoms with Gasteiger partial charge < -0.3 is 14.6 Å². The van der Waals surface area contributed by atoms with E-state index in [0.29, 0.717) is 6.42 Å². The van der Waals surface area contributed by atoms with Crippen LogP contribution in [0.5, 0.6) is 0 Å². The van der Waals surface area contributed by atoms with Crippen molar-refractivity contribution in [3.8, 4) is 0 Å². The van der Waals surface area contributed by atoms with Crippen molar-refractivity contribution in [2.75, 3.05) is 13.2 Å². The van der Waals surface area contributed by atoms with E-state index in [2.05, 4.69) is 220 Å². The number of ether oxygens (including phenoxy) is 2. The Hall–Kier alpha value is -5.52. The molecule has 1 N–H and O–H groups in total. The highest BCUT2D eigenvalue weighted by Gasteiger charge is 2.16. The number of carbonyl (C=O) groups is 2. The first-order valence-electron chi connectivity index (χ1n) is 27.6. The molecule has 0 radical (unpaired) electrons. The average Bonchev–Trinajstić information content (AvgIpc) is 3.38. The van der Waals surface area contributed by atoms with Crippen molar-refractivity contribution in [1.29, 1.82) is 0 Å². The van der Waals surface area contributed by atoms with Crippen LogP contribution >= 0.6 is 0 Å². The zero-order valence-corrected chi connectivity index (χ0v) is 45.1. The quantitative estimate of drug-likeness (QED) is 0.0374. The van der Waals surface area contributed by atoms with Gasteiger partial charge in [-0.25, -0.2) is 0 Å². The molecule has 5 heteroatoms. The van der Waals surface area contributed by atoms with Crippen LogP contribution in [0.25, 0.3) is 0 Å². The van der Waals surface area contributed by atoms with Crippen molar-refractivity contribution in [3.05, 3.63) is 207 Å². The molecule has 0 aliphatic carbocycles. The first-order valence-corrected chi connectivity index (χ1v) is 27.6. The van der Waals surface area contributed by atoms with E-state index in [1.807, 2.05) is 0 Å². The fourth-order valence-corrected chi connectivity index (χ4v) is 6.50. The Morgan fingerprint density at radius 3 is 0.833 bits per heavy atom. The highest BCUT2D eigenvalue weighted by Crippen LogP contribution is 2.09. The molecule has 0 bridgehead atoms. The van der Waals surface area contributed by atoms with Crippen LogP contribution in [0.2, 0.25) is 0 Å². The molecule has 5 nitrogen and oxygen atoms in total. The van der Waals surface area contributed by atoms with Gasteiger partial charge in [-0.15, -0.1) is 0 Å². The van der Waals surface area contributed by atoms with Gasteiger partial charge in [-0.3, -0.25) is 9.59 Å². The molecule has 0 aromatic heterocycles. The first kappa shape index (κ1) is 66.5. The monoisotopic (exact) mass is 983 g/mol. The SMILES string of the molecule is CC/C=C\C/C=C\C/C=C\C/C=C\C/C=C\C/C=C\C/C=C\C/C=C\C/C=C\CCCCCC(=O)OC(CO)COC(=O)CCCC/C=C\C/C=C\C/C=C\C/C=C\C/C=C\C/C=C\C/C=C\C/C=C\CC. The van der Waals surface area contributed by atoms with Gasteiger partial charge in [-0.1, -0.05) is 227 Å². The zero-order valence-electron chi connectivity index (χ0n) is 45.1. The van der Waals surface area contributed by atoms with Crippen molar-refractivity contribution in [1.82, 2.24) is 0 Å². The maximum Gasteiger partial charge on any atom is 0.306 e. The molecule has 0 aliphatic heterocycles. The summed E-state index contributed by atoms with van der Waals surface area (Å²) >= 11 is 0. The number of unbranched alkanes of at least 4 members (excludes halogenated alkanes) is 5. The number of aliphatic hydroxyl groups excluding tert-OH is 1. The maximum absolute atomic E-state index is 12.3. The second-order valence-electron chi connectivity index (χ2n) is 17.2. The Kier molecular flexibility index (Phi) is 55.2. The molecule has 1 atom stereocenters. The molecule has 72 heavy (non-hydrogen) atoms. The lowest BCUT2D eigenvalue weighted by Crippen LogP contribution is -2.28. The largest absolute Gasteiger partial charge is 0.462 e. The lowest BCUT2D eigenvalue weighted by atomic mass is 10.1. The summed E-state index contributed by atoms with van der Waals surface area (Å²) in [6.45, 7) is 3.82. The number of esters is 2. The van der Waals surface area contributed by atoms with Crippen LogP contribution in [0.1, 0.15) is 181 Å². The lowest BCUT2D eigenvalue weighted by Gasteiger charge is -2.15. The maximum atomic E-state index is 12.3. The highest BCUT2D eigenvalue weighted by molar-refractivity contribution is 5.70. The van der Waals surface area contributed by atoms with E-state index in [0.717, 1.165) is 154 Å². The molecule has 0 rings (SSSR count). The van der Waals surface area contributed by atoms with E-state index in [-0.39, 0.29) is 31.6 Å². The van der Waals surface area contributed by atoms with E-state index in [1.165, 1.54) is 0 Å². The van der Waals surface area contributed by atoms with Gasteiger partial charge in [0.25, 0.3) is 0 Å². The smallest absolute Gasteiger partial charge is 0.306 e. The van der Waals surface area contributed by atoms with E-state index < -0.39 is 6.10 Å². The minimum absolute atomic E-state index is 0.119. The van der Waals surface area contributed by atoms with Crippen LogP contribution in [0.3, 0.4) is 0 Å². The molecule has 0 saturated carbocycles. The number of hydrogen-bond donors (Lipinski definition) is 1. The average molecular weight is 984 g/mol. The second-order valence-corrected chi connectivity index (χ2v) is 17.2. The summed E-state index contributed by atoms with van der Waals surface area (Å²) in [6, 6.07) is 0. The normalized spacial score (nSPS) is 13.9. The fraction of sp³-hybridized carbons (Fsp3) is 0.463. The van der Waals surface area contributed by atoms with Crippen LogP contribution in [0.4, 0.5) is 0 Å². The molecular formula is C67H98O5. The topological polar surface area (TPSA) is 72.8 Å². The summed E-state index contributed by atoms with van der Waals surface area (Å²) in [7, 11) is 0. The summed E-state index contributed by atoms with van der Waals surface area (Å²) in [5, 5.41) is 9.64. The number of rotatable bonds is 47. The van der Waals surface area contributed by atoms with Crippen LogP contribution in [-0.2, 0) is 19.1 Å². The van der Waals surface area contributed by atoms with E-state index >= 15 is 0 Å². The Labute approximate surface area is 440 Å². The molecule has 0 aromatic carbocycles. The Morgan fingerprint density at radius 1 is 0.319 bits per heavy atom. The van der Waals surface area contributed by atoms with Crippen molar-refractivity contribution in [2.45, 2.75) is 187 Å². The van der Waals surface area contributed by atoms with Gasteiger partial charge in [0.1, 0.15) is 6.61 Å². The minimum Gasteiger partial charge on any atom is -0.462 e. The number of aliphatic hydroxyl groups is 1. The summed E-state index contributed by atoms with van der Waals surface area (Å²) < 4.78 is 10.6. The van der Waals surface area contributed by atoms with Gasteiger partial charge in [-0.2, -0.15) is 0 Å². The van der Waals surface area contributed by atoms with E-state index in [9.17, 15) is 14.7 Å². The number of carbonyl (C=O) groups excluding carboxylic acids is 2. The lowest BCUT2D eigenvalue weighted by molar-refractivity contribution is -0.161. The molecule has 0 aromatic rings. The van der Waals surface area contributed by atoms with E-state index in [1.54, 1.807) is 0 Å². The number of hydrogen-bond acceptors (Lipinski definition) is 5. The van der Waals surface area contributed by atoms with Crippen LogP contribution in [0, 0.1) is 0 Å². The van der Waals surface area contributed by atoms with Gasteiger partial charge in [0, 0.05) is 12.8 Å². The summed E-state index contributed by atoms with van der Waals surface area (Å²) in [6.07, 6.45) is 97.8. The molecule has 1 unspecified atom stereocenters. The van der Waals surface area contributed by atoms with Crippen molar-refractivity contribution < 1.29 is 24.2 Å². The molecule has 0 saturated heterocycles. The second kappa shape index (κ2) is 59.8. The van der Waals surface area contributed by atoms with Gasteiger partial charge in [0.15, 0.2) is 6.10 Å². The van der Waals surface area contributed by atoms with Gasteiger partial charge in [0.2, 0.25) is 0 Å². The van der Waals surface area contributed by atoms with Gasteiger partial charge in [-0.05, 0) is 148 Å². The highest BCUT2D eigenvalue weighted by atomic mass is 16.6. The standard InChI is InChI=1S/C67H98O5/c1-3-5-7-9-11-13-15-17-19-21-23-25-27-29-31-32-33-34-36-38-40-42-44-46-48-50-52-54-56-58-60-62-67(70)72-65(63-68)64-71-66(69)61-59-57-55-53-51-49-47-45-43-41-39-37-35-30-28-26-24-22-20-18-16-14-12-10-8-6-4-2/h5-8,11-14,17-20,23-26,29-31,33-35,38-41,44-47,50-53,65,68H,3-4,9-10,15-16,21-22,27-28,32,36-37,42-43,48-49,54-64H2,1-2H3/b7-5-,8-6-,13-11-,14-12-,19-17-,20-18-,25-23-,26-24-,31-29-,34-33-,35-30-,40-38-,41-39-,46-44-,47-45-,52-50-,53-51-. The molecule has 0 heterocycles. The molecule has 0 spiro atoms. The minimum atomic E-state index is -0.828. The van der Waals surface area contributed by atoms with Crippen molar-refractivity contribution >= 4 is 11.9 Å². The van der Waals surface area contributed by atoms with Crippen LogP contribution < -0.4 is 0 Å². The van der Waals surface area contributed by atoms with Crippen LogP contribution in [-0.4, -0.2) is 36.4 Å². The Morgan fingerprint density at radius 2 is 0.556 bits per heavy atom. The zero-order chi connectivity index (χ0) is 52.0. The summed E-state index contributed by atoms with van der Waals surface area (Å²) in [5.74, 6) is -0.702. The molecule has 0 fully saturated rings. The first-order chi connectivity index (χ1) is 35.6. The van der Waals surface area contributed by atoms with Crippen LogP contribution in [0.15, 0.2) is 207 Å². The molecule has 396 valence electrons. The molecule has 0 amide bonds. The fourth-order valence-electron chi connectivity index (χ4n) is 6.50. The summed E-state index contributed by atoms with van der Waals surface area (Å²) in [5.41, 5.74) is 0. The predicted molar refractivity (Wildman–Crippen MR) is 315 cm³/mol. The molecule has 0 aliphatic rings. The Bertz CT molecular complexity index is 1780. The third-order valence-electron chi connectivity index (χ3n) is 10.6. The Balaban J connectivity index is 3.77. The van der Waals surface area contributed by atoms with Crippen molar-refractivity contribution in [3.63, 3.8) is 0 Å². The van der Waals surface area contributed by atoms with Gasteiger partial charge >= 0.3 is 11.9 Å². The van der Waals surface area contributed by atoms with Gasteiger partial charge in [0.05, 0.1) is 6.61 Å². The van der Waals surface area contributed by atoms with Crippen molar-refractivity contribution in [2.24, 2.45) is 0 Å². The van der Waals surface area contributed by atoms with E-state index in [4.69, 9.17) is 9.47 Å². The number of allylic oxidation sites excluding steroid dienone is 34. The third-order valence-corrected chi connectivity index (χ3v) is 10.6.